The smallest absolute Gasteiger partial charge is 0.224 e. The summed E-state index contributed by atoms with van der Waals surface area (Å²) in [7, 11) is 0. The summed E-state index contributed by atoms with van der Waals surface area (Å²) in [6.07, 6.45) is 5.34. The molecule has 0 saturated carbocycles. The van der Waals surface area contributed by atoms with E-state index in [-0.39, 0.29) is 11.9 Å². The predicted octanol–water partition coefficient (Wildman–Crippen LogP) is 5.14. The van der Waals surface area contributed by atoms with E-state index < -0.39 is 0 Å². The van der Waals surface area contributed by atoms with Crippen LogP contribution >= 0.6 is 0 Å². The topological polar surface area (TPSA) is 29.1 Å². The number of aryl methyl sites for hydroxylation is 2. The van der Waals surface area contributed by atoms with Crippen LogP contribution in [0.15, 0.2) is 60.7 Å². The number of nitrogens with one attached hydrogen (secondary N) is 1. The molecule has 132 valence electrons. The molecule has 0 aliphatic heterocycles. The fourth-order valence-electron chi connectivity index (χ4n) is 4.02. The molecule has 0 bridgehead atoms. The molecular weight excluding hydrogens is 318 g/mol. The Hall–Kier alpha value is -2.61. The van der Waals surface area contributed by atoms with Gasteiger partial charge in [-0.2, -0.15) is 0 Å². The highest BCUT2D eigenvalue weighted by Crippen LogP contribution is 2.25. The van der Waals surface area contributed by atoms with Crippen molar-refractivity contribution < 1.29 is 4.79 Å². The van der Waals surface area contributed by atoms with E-state index >= 15 is 0 Å². The molecule has 26 heavy (non-hydrogen) atoms. The van der Waals surface area contributed by atoms with E-state index in [1.807, 2.05) is 24.3 Å². The van der Waals surface area contributed by atoms with Crippen LogP contribution in [0, 0.1) is 0 Å². The van der Waals surface area contributed by atoms with Gasteiger partial charge >= 0.3 is 0 Å². The van der Waals surface area contributed by atoms with Gasteiger partial charge in [0.1, 0.15) is 0 Å². The molecule has 1 atom stereocenters. The Balaban J connectivity index is 1.47. The molecule has 4 rings (SSSR count). The molecule has 2 nitrogen and oxygen atoms in total. The highest BCUT2D eigenvalue weighted by atomic mass is 16.1. The monoisotopic (exact) mass is 343 g/mol. The molecular formula is C24H25NO. The van der Waals surface area contributed by atoms with E-state index in [0.717, 1.165) is 10.9 Å². The lowest BCUT2D eigenvalue weighted by Gasteiger charge is -2.20. The second kappa shape index (κ2) is 7.33. The van der Waals surface area contributed by atoms with E-state index in [9.17, 15) is 4.79 Å². The summed E-state index contributed by atoms with van der Waals surface area (Å²) < 4.78 is 0. The number of carbonyl (C=O) groups is 1. The van der Waals surface area contributed by atoms with Crippen molar-refractivity contribution in [1.82, 2.24) is 5.32 Å². The van der Waals surface area contributed by atoms with Crippen LogP contribution < -0.4 is 5.32 Å². The van der Waals surface area contributed by atoms with E-state index in [1.54, 1.807) is 0 Å². The van der Waals surface area contributed by atoms with Crippen molar-refractivity contribution in [3.05, 3.63) is 82.9 Å². The van der Waals surface area contributed by atoms with Crippen molar-refractivity contribution in [1.29, 1.82) is 0 Å². The standard InChI is InChI=1S/C24H25NO/c1-17(20-14-13-18-7-2-3-9-21(18)15-20)25-24(26)16-22-11-6-10-19-8-4-5-12-23(19)22/h4-6,8,10-15,17H,2-3,7,9,16H2,1H3,(H,25,26). The second-order valence-corrected chi connectivity index (χ2v) is 7.34. The molecule has 0 heterocycles. The Labute approximate surface area is 155 Å². The molecule has 0 aromatic heterocycles. The molecule has 0 spiro atoms. The molecule has 0 saturated heterocycles. The first-order chi connectivity index (χ1) is 12.7. The number of benzene rings is 3. The lowest BCUT2D eigenvalue weighted by atomic mass is 9.89. The van der Waals surface area contributed by atoms with Gasteiger partial charge in [0.05, 0.1) is 12.5 Å². The summed E-state index contributed by atoms with van der Waals surface area (Å²) in [5, 5.41) is 5.52. The highest BCUT2D eigenvalue weighted by Gasteiger charge is 2.15. The van der Waals surface area contributed by atoms with Gasteiger partial charge in [-0.05, 0) is 65.6 Å². The van der Waals surface area contributed by atoms with Crippen LogP contribution in [0.3, 0.4) is 0 Å². The number of rotatable bonds is 4. The quantitative estimate of drug-likeness (QED) is 0.698. The molecule has 0 fully saturated rings. The molecule has 1 aliphatic carbocycles. The molecule has 1 amide bonds. The van der Waals surface area contributed by atoms with Crippen LogP contribution in [-0.4, -0.2) is 5.91 Å². The summed E-state index contributed by atoms with van der Waals surface area (Å²) in [5.41, 5.74) is 5.23. The highest BCUT2D eigenvalue weighted by molar-refractivity contribution is 5.90. The normalized spacial score (nSPS) is 14.7. The van der Waals surface area contributed by atoms with E-state index in [4.69, 9.17) is 0 Å². The van der Waals surface area contributed by atoms with Crippen molar-refractivity contribution in [2.24, 2.45) is 0 Å². The Morgan fingerprint density at radius 1 is 0.962 bits per heavy atom. The SMILES string of the molecule is CC(NC(=O)Cc1cccc2ccccc12)c1ccc2c(c1)CCCC2. The Morgan fingerprint density at radius 3 is 2.62 bits per heavy atom. The van der Waals surface area contributed by atoms with Crippen LogP contribution in [0.5, 0.6) is 0 Å². The van der Waals surface area contributed by atoms with Crippen molar-refractivity contribution in [2.75, 3.05) is 0 Å². The van der Waals surface area contributed by atoms with Gasteiger partial charge in [0.2, 0.25) is 5.91 Å². The predicted molar refractivity (Wildman–Crippen MR) is 107 cm³/mol. The first-order valence-corrected chi connectivity index (χ1v) is 9.58. The van der Waals surface area contributed by atoms with Gasteiger partial charge in [-0.1, -0.05) is 60.7 Å². The average molecular weight is 343 g/mol. The van der Waals surface area contributed by atoms with Crippen molar-refractivity contribution >= 4 is 16.7 Å². The number of hydrogen-bond donors (Lipinski definition) is 1. The van der Waals surface area contributed by atoms with Crippen LogP contribution in [-0.2, 0) is 24.1 Å². The van der Waals surface area contributed by atoms with E-state index in [2.05, 4.69) is 48.6 Å². The van der Waals surface area contributed by atoms with Crippen LogP contribution in [0.1, 0.15) is 48.1 Å². The largest absolute Gasteiger partial charge is 0.349 e. The minimum Gasteiger partial charge on any atom is -0.349 e. The van der Waals surface area contributed by atoms with Gasteiger partial charge in [0.25, 0.3) is 0 Å². The summed E-state index contributed by atoms with van der Waals surface area (Å²) in [6, 6.07) is 21.1. The van der Waals surface area contributed by atoms with Gasteiger partial charge < -0.3 is 5.32 Å². The van der Waals surface area contributed by atoms with Crippen molar-refractivity contribution in [3.63, 3.8) is 0 Å². The molecule has 0 radical (unpaired) electrons. The fraction of sp³-hybridized carbons (Fsp3) is 0.292. The molecule has 2 heteroatoms. The van der Waals surface area contributed by atoms with E-state index in [1.165, 1.54) is 47.8 Å². The minimum atomic E-state index is 0.0321. The summed E-state index contributed by atoms with van der Waals surface area (Å²) in [4.78, 5) is 12.6. The molecule has 1 aliphatic rings. The molecule has 3 aromatic carbocycles. The van der Waals surface area contributed by atoms with E-state index in [0.29, 0.717) is 6.42 Å². The zero-order valence-corrected chi connectivity index (χ0v) is 15.3. The number of fused-ring (bicyclic) bond motifs is 2. The average Bonchev–Trinajstić information content (AvgIpc) is 2.68. The number of amides is 1. The summed E-state index contributed by atoms with van der Waals surface area (Å²) >= 11 is 0. The van der Waals surface area contributed by atoms with Gasteiger partial charge in [-0.25, -0.2) is 0 Å². The maximum Gasteiger partial charge on any atom is 0.224 e. The third-order valence-electron chi connectivity index (χ3n) is 5.48. The minimum absolute atomic E-state index is 0.0321. The molecule has 1 N–H and O–H groups in total. The van der Waals surface area contributed by atoms with Crippen LogP contribution in [0.2, 0.25) is 0 Å². The lowest BCUT2D eigenvalue weighted by Crippen LogP contribution is -2.28. The first-order valence-electron chi connectivity index (χ1n) is 9.58. The molecule has 1 unspecified atom stereocenters. The van der Waals surface area contributed by atoms with Gasteiger partial charge in [0, 0.05) is 0 Å². The fourth-order valence-corrected chi connectivity index (χ4v) is 4.02. The summed E-state index contributed by atoms with van der Waals surface area (Å²) in [5.74, 6) is 0.0755. The maximum atomic E-state index is 12.6. The zero-order chi connectivity index (χ0) is 17.9. The Kier molecular flexibility index (Phi) is 4.75. The maximum absolute atomic E-state index is 12.6. The Morgan fingerprint density at radius 2 is 1.73 bits per heavy atom. The molecule has 3 aromatic rings. The summed E-state index contributed by atoms with van der Waals surface area (Å²) in [6.45, 7) is 2.07. The van der Waals surface area contributed by atoms with Crippen molar-refractivity contribution in [3.8, 4) is 0 Å². The van der Waals surface area contributed by atoms with Crippen LogP contribution in [0.4, 0.5) is 0 Å². The Bertz CT molecular complexity index is 939. The number of carbonyl (C=O) groups excluding carboxylic acids is 1. The van der Waals surface area contributed by atoms with Gasteiger partial charge in [0.15, 0.2) is 0 Å². The lowest BCUT2D eigenvalue weighted by molar-refractivity contribution is -0.121. The number of hydrogen-bond acceptors (Lipinski definition) is 1. The zero-order valence-electron chi connectivity index (χ0n) is 15.3. The van der Waals surface area contributed by atoms with Gasteiger partial charge in [-0.3, -0.25) is 4.79 Å². The second-order valence-electron chi connectivity index (χ2n) is 7.34. The van der Waals surface area contributed by atoms with Crippen molar-refractivity contribution in [2.45, 2.75) is 45.1 Å². The van der Waals surface area contributed by atoms with Gasteiger partial charge in [-0.15, -0.1) is 0 Å². The first kappa shape index (κ1) is 16.8. The third-order valence-corrected chi connectivity index (χ3v) is 5.48. The third kappa shape index (κ3) is 3.50. The van der Waals surface area contributed by atoms with Crippen LogP contribution in [0.25, 0.3) is 10.8 Å².